The van der Waals surface area contributed by atoms with E-state index in [4.69, 9.17) is 5.73 Å². The van der Waals surface area contributed by atoms with Gasteiger partial charge in [-0.2, -0.15) is 0 Å². The fourth-order valence-corrected chi connectivity index (χ4v) is 4.98. The Balaban J connectivity index is 1.50. The van der Waals surface area contributed by atoms with E-state index in [-0.39, 0.29) is 18.7 Å². The van der Waals surface area contributed by atoms with Crippen LogP contribution in [0.25, 0.3) is 0 Å². The number of piperidine rings is 1. The van der Waals surface area contributed by atoms with Crippen LogP contribution in [0.2, 0.25) is 0 Å². The standard InChI is InChI=1S/C23H30N4O4/c24-10-3-11-26(13-15-4-1-2-5-15)14-16-6-7-17-18(12-16)23(31)27(22(17)30)19-8-9-20(28)25-21(19)29/h6-7,12,15,19H,1-5,8-11,13-14,24H2,(H,25,28,29). The van der Waals surface area contributed by atoms with Gasteiger partial charge < -0.3 is 5.73 Å². The monoisotopic (exact) mass is 426 g/mol. The molecule has 3 aliphatic rings. The lowest BCUT2D eigenvalue weighted by Crippen LogP contribution is -2.54. The number of nitrogens with one attached hydrogen (secondary N) is 1. The lowest BCUT2D eigenvalue weighted by atomic mass is 10.0. The third-order valence-corrected chi connectivity index (χ3v) is 6.58. The molecule has 1 saturated heterocycles. The maximum atomic E-state index is 13.0. The number of benzene rings is 1. The lowest BCUT2D eigenvalue weighted by molar-refractivity contribution is -0.136. The van der Waals surface area contributed by atoms with Crippen molar-refractivity contribution < 1.29 is 19.2 Å². The van der Waals surface area contributed by atoms with Crippen molar-refractivity contribution in [3.63, 3.8) is 0 Å². The molecule has 1 aromatic rings. The highest BCUT2D eigenvalue weighted by Crippen LogP contribution is 2.29. The number of hydrogen-bond donors (Lipinski definition) is 2. The molecule has 1 aliphatic carbocycles. The van der Waals surface area contributed by atoms with E-state index in [1.807, 2.05) is 6.07 Å². The Hall–Kier alpha value is -2.58. The molecule has 0 bridgehead atoms. The number of amides is 4. The lowest BCUT2D eigenvalue weighted by Gasteiger charge is -2.27. The van der Waals surface area contributed by atoms with Gasteiger partial charge in [0, 0.05) is 19.5 Å². The Labute approximate surface area is 182 Å². The molecule has 0 aromatic heterocycles. The highest BCUT2D eigenvalue weighted by atomic mass is 16.2. The first kappa shape index (κ1) is 21.6. The van der Waals surface area contributed by atoms with Gasteiger partial charge >= 0.3 is 0 Å². The number of carbonyl (C=O) groups is 4. The molecule has 1 atom stereocenters. The molecule has 8 heteroatoms. The van der Waals surface area contributed by atoms with Gasteiger partial charge in [0.25, 0.3) is 11.8 Å². The summed E-state index contributed by atoms with van der Waals surface area (Å²) in [6.45, 7) is 3.26. The summed E-state index contributed by atoms with van der Waals surface area (Å²) in [5.41, 5.74) is 7.36. The molecule has 2 aliphatic heterocycles. The Morgan fingerprint density at radius 3 is 2.48 bits per heavy atom. The third-order valence-electron chi connectivity index (χ3n) is 6.58. The highest BCUT2D eigenvalue weighted by Gasteiger charge is 2.44. The van der Waals surface area contributed by atoms with Crippen molar-refractivity contribution in [1.82, 2.24) is 15.1 Å². The molecule has 1 aromatic carbocycles. The number of fused-ring (bicyclic) bond motifs is 1. The minimum absolute atomic E-state index is 0.117. The summed E-state index contributed by atoms with van der Waals surface area (Å²) in [5, 5.41) is 2.22. The summed E-state index contributed by atoms with van der Waals surface area (Å²) in [7, 11) is 0. The zero-order valence-electron chi connectivity index (χ0n) is 17.8. The van der Waals surface area contributed by atoms with Crippen molar-refractivity contribution in [2.45, 2.75) is 57.5 Å². The molecule has 1 unspecified atom stereocenters. The molecule has 2 heterocycles. The smallest absolute Gasteiger partial charge is 0.262 e. The van der Waals surface area contributed by atoms with Crippen molar-refractivity contribution in [3.8, 4) is 0 Å². The quantitative estimate of drug-likeness (QED) is 0.608. The van der Waals surface area contributed by atoms with E-state index in [2.05, 4.69) is 10.2 Å². The summed E-state index contributed by atoms with van der Waals surface area (Å²) in [6.07, 6.45) is 6.30. The maximum Gasteiger partial charge on any atom is 0.262 e. The van der Waals surface area contributed by atoms with E-state index >= 15 is 0 Å². The summed E-state index contributed by atoms with van der Waals surface area (Å²) in [5.74, 6) is -1.18. The van der Waals surface area contributed by atoms with Crippen LogP contribution in [0.5, 0.6) is 0 Å². The number of carbonyl (C=O) groups excluding carboxylic acids is 4. The summed E-state index contributed by atoms with van der Waals surface area (Å²) < 4.78 is 0. The van der Waals surface area contributed by atoms with E-state index in [0.29, 0.717) is 30.1 Å². The van der Waals surface area contributed by atoms with Gasteiger partial charge in [0.2, 0.25) is 11.8 Å². The maximum absolute atomic E-state index is 13.0. The zero-order chi connectivity index (χ0) is 22.0. The predicted molar refractivity (Wildman–Crippen MR) is 114 cm³/mol. The first-order valence-corrected chi connectivity index (χ1v) is 11.2. The topological polar surface area (TPSA) is 113 Å². The Bertz CT molecular complexity index is 894. The van der Waals surface area contributed by atoms with Gasteiger partial charge in [-0.05, 0) is 62.4 Å². The molecule has 1 saturated carbocycles. The van der Waals surface area contributed by atoms with Gasteiger partial charge in [-0.3, -0.25) is 34.3 Å². The first-order chi connectivity index (χ1) is 15.0. The summed E-state index contributed by atoms with van der Waals surface area (Å²) >= 11 is 0. The van der Waals surface area contributed by atoms with Crippen LogP contribution in [-0.4, -0.2) is 59.1 Å². The largest absolute Gasteiger partial charge is 0.330 e. The van der Waals surface area contributed by atoms with Crippen molar-refractivity contribution in [3.05, 3.63) is 34.9 Å². The van der Waals surface area contributed by atoms with E-state index < -0.39 is 23.8 Å². The average Bonchev–Trinajstić information content (AvgIpc) is 3.34. The van der Waals surface area contributed by atoms with Crippen molar-refractivity contribution in [2.24, 2.45) is 11.7 Å². The van der Waals surface area contributed by atoms with Gasteiger partial charge in [0.05, 0.1) is 11.1 Å². The van der Waals surface area contributed by atoms with Gasteiger partial charge in [-0.15, -0.1) is 0 Å². The van der Waals surface area contributed by atoms with Crippen LogP contribution in [0.4, 0.5) is 0 Å². The van der Waals surface area contributed by atoms with Gasteiger partial charge in [0.15, 0.2) is 0 Å². The number of hydrogen-bond acceptors (Lipinski definition) is 6. The SMILES string of the molecule is NCCCN(Cc1ccc2c(c1)C(=O)N(C1CCC(=O)NC1=O)C2=O)CC1CCCC1. The van der Waals surface area contributed by atoms with Crippen LogP contribution in [0, 0.1) is 5.92 Å². The second-order valence-corrected chi connectivity index (χ2v) is 8.85. The first-order valence-electron chi connectivity index (χ1n) is 11.2. The van der Waals surface area contributed by atoms with Gasteiger partial charge in [-0.1, -0.05) is 18.9 Å². The molecule has 166 valence electrons. The van der Waals surface area contributed by atoms with Crippen LogP contribution in [-0.2, 0) is 16.1 Å². The summed E-state index contributed by atoms with van der Waals surface area (Å²) in [4.78, 5) is 52.9. The van der Waals surface area contributed by atoms with Crippen LogP contribution in [0.3, 0.4) is 0 Å². The van der Waals surface area contributed by atoms with Crippen LogP contribution >= 0.6 is 0 Å². The summed E-state index contributed by atoms with van der Waals surface area (Å²) in [6, 6.07) is 4.43. The van der Waals surface area contributed by atoms with Crippen LogP contribution in [0.1, 0.15) is 71.2 Å². The fourth-order valence-electron chi connectivity index (χ4n) is 4.98. The van der Waals surface area contributed by atoms with Crippen molar-refractivity contribution in [1.29, 1.82) is 0 Å². The third kappa shape index (κ3) is 4.55. The predicted octanol–water partition coefficient (Wildman–Crippen LogP) is 1.43. The Morgan fingerprint density at radius 1 is 1.03 bits per heavy atom. The van der Waals surface area contributed by atoms with E-state index in [1.165, 1.54) is 25.7 Å². The molecule has 3 N–H and O–H groups in total. The molecule has 8 nitrogen and oxygen atoms in total. The van der Waals surface area contributed by atoms with Crippen LogP contribution in [0.15, 0.2) is 18.2 Å². The van der Waals surface area contributed by atoms with Gasteiger partial charge in [-0.25, -0.2) is 0 Å². The highest BCUT2D eigenvalue weighted by molar-refractivity contribution is 6.23. The normalized spacial score (nSPS) is 21.9. The molecule has 4 amide bonds. The average molecular weight is 427 g/mol. The van der Waals surface area contributed by atoms with Gasteiger partial charge in [0.1, 0.15) is 6.04 Å². The molecule has 31 heavy (non-hydrogen) atoms. The van der Waals surface area contributed by atoms with Crippen molar-refractivity contribution in [2.75, 3.05) is 19.6 Å². The van der Waals surface area contributed by atoms with E-state index in [9.17, 15) is 19.2 Å². The van der Waals surface area contributed by atoms with Crippen LogP contribution < -0.4 is 11.1 Å². The number of imide groups is 2. The molecule has 4 rings (SSSR count). The molecular weight excluding hydrogens is 396 g/mol. The molecule has 0 spiro atoms. The molecular formula is C23H30N4O4. The Kier molecular flexibility index (Phi) is 6.48. The second kappa shape index (κ2) is 9.28. The minimum Gasteiger partial charge on any atom is -0.330 e. The fraction of sp³-hybridized carbons (Fsp3) is 0.565. The number of nitrogens with zero attached hydrogens (tertiary/aromatic N) is 2. The zero-order valence-corrected chi connectivity index (χ0v) is 17.8. The minimum atomic E-state index is -0.933. The number of rotatable bonds is 8. The Morgan fingerprint density at radius 2 is 1.77 bits per heavy atom. The van der Waals surface area contributed by atoms with E-state index in [0.717, 1.165) is 30.0 Å². The van der Waals surface area contributed by atoms with E-state index in [1.54, 1.807) is 12.1 Å². The molecule has 0 radical (unpaired) electrons. The molecule has 2 fully saturated rings. The second-order valence-electron chi connectivity index (χ2n) is 8.85. The van der Waals surface area contributed by atoms with Crippen molar-refractivity contribution >= 4 is 23.6 Å². The number of nitrogens with two attached hydrogens (primary N) is 1.